The molecule has 0 saturated carbocycles. The third-order valence-corrected chi connectivity index (χ3v) is 5.09. The van der Waals surface area contributed by atoms with Crippen molar-refractivity contribution in [1.29, 1.82) is 0 Å². The van der Waals surface area contributed by atoms with Crippen molar-refractivity contribution >= 4 is 5.82 Å². The van der Waals surface area contributed by atoms with Crippen LogP contribution in [0.25, 0.3) is 11.3 Å². The third kappa shape index (κ3) is 4.09. The molecule has 29 heavy (non-hydrogen) atoms. The topological polar surface area (TPSA) is 86.3 Å². The van der Waals surface area contributed by atoms with E-state index in [9.17, 15) is 14.5 Å². The molecule has 0 spiro atoms. The van der Waals surface area contributed by atoms with Crippen LogP contribution in [0.4, 0.5) is 10.2 Å². The van der Waals surface area contributed by atoms with Crippen LogP contribution >= 0.6 is 0 Å². The van der Waals surface area contributed by atoms with E-state index in [2.05, 4.69) is 21.8 Å². The van der Waals surface area contributed by atoms with E-state index < -0.39 is 4.92 Å². The van der Waals surface area contributed by atoms with Crippen molar-refractivity contribution < 1.29 is 14.1 Å². The molecule has 0 fully saturated rings. The van der Waals surface area contributed by atoms with Crippen LogP contribution < -0.4 is 4.74 Å². The molecule has 0 saturated heterocycles. The number of rotatable bonds is 4. The zero-order valence-electron chi connectivity index (χ0n) is 15.9. The summed E-state index contributed by atoms with van der Waals surface area (Å²) in [6.07, 6.45) is 3.21. The first-order valence-corrected chi connectivity index (χ1v) is 9.31. The largest absolute Gasteiger partial charge is 0.444 e. The molecule has 0 amide bonds. The Bertz CT molecular complexity index is 1020. The normalized spacial score (nSPS) is 15.7. The summed E-state index contributed by atoms with van der Waals surface area (Å²) in [4.78, 5) is 21.0. The minimum atomic E-state index is -0.520. The first kappa shape index (κ1) is 19.0. The number of pyridine rings is 1. The number of ether oxygens (including phenoxy) is 1. The van der Waals surface area contributed by atoms with Gasteiger partial charge in [-0.05, 0) is 35.6 Å². The van der Waals surface area contributed by atoms with Gasteiger partial charge in [0.25, 0.3) is 0 Å². The number of hydrogen-bond acceptors (Lipinski definition) is 6. The summed E-state index contributed by atoms with van der Waals surface area (Å²) < 4.78 is 20.7. The molecule has 1 aromatic carbocycles. The monoisotopic (exact) mass is 397 g/mol. The van der Waals surface area contributed by atoms with Crippen LogP contribution in [0.15, 0.2) is 48.8 Å². The van der Waals surface area contributed by atoms with Gasteiger partial charge in [0, 0.05) is 42.4 Å². The summed E-state index contributed by atoms with van der Waals surface area (Å²) in [5.41, 5.74) is 2.48. The fraction of sp³-hybridized carbons (Fsp3) is 0.300. The Hall–Kier alpha value is -3.33. The summed E-state index contributed by atoms with van der Waals surface area (Å²) in [5.74, 6) is -0.500. The number of imidazole rings is 1. The van der Waals surface area contributed by atoms with E-state index in [0.717, 1.165) is 11.1 Å². The molecule has 0 N–H and O–H groups in total. The van der Waals surface area contributed by atoms with E-state index in [0.29, 0.717) is 31.9 Å². The standard InChI is InChI=1S/C20H20FN5O3/c1-14(16-5-6-18(22-12-16)15-3-2-4-17(21)11-15)24-7-8-25-13-19(26(27)28)23-20(25)29-10-9-24/h2-6,11-14H,7-10H2,1H3. The molecule has 0 radical (unpaired) electrons. The lowest BCUT2D eigenvalue weighted by molar-refractivity contribution is -0.389. The molecule has 4 rings (SSSR count). The van der Waals surface area contributed by atoms with E-state index in [-0.39, 0.29) is 23.7 Å². The smallest absolute Gasteiger partial charge is 0.414 e. The molecule has 1 unspecified atom stereocenters. The van der Waals surface area contributed by atoms with Crippen molar-refractivity contribution in [2.45, 2.75) is 19.5 Å². The molecule has 0 bridgehead atoms. The first-order valence-electron chi connectivity index (χ1n) is 9.31. The van der Waals surface area contributed by atoms with Gasteiger partial charge in [-0.2, -0.15) is 0 Å². The number of nitrogens with zero attached hydrogens (tertiary/aromatic N) is 5. The van der Waals surface area contributed by atoms with Gasteiger partial charge in [0.2, 0.25) is 0 Å². The molecule has 3 aromatic rings. The maximum atomic E-state index is 13.4. The Morgan fingerprint density at radius 2 is 2.10 bits per heavy atom. The Balaban J connectivity index is 1.47. The van der Waals surface area contributed by atoms with Gasteiger partial charge < -0.3 is 14.9 Å². The average Bonchev–Trinajstić information content (AvgIpc) is 3.10. The Morgan fingerprint density at radius 3 is 2.83 bits per heavy atom. The van der Waals surface area contributed by atoms with Gasteiger partial charge in [-0.1, -0.05) is 18.2 Å². The summed E-state index contributed by atoms with van der Waals surface area (Å²) in [5, 5.41) is 10.9. The summed E-state index contributed by atoms with van der Waals surface area (Å²) in [6, 6.07) is 10.6. The molecule has 1 aliphatic rings. The fourth-order valence-corrected chi connectivity index (χ4v) is 3.42. The number of aromatic nitrogens is 3. The molecular formula is C20H20FN5O3. The zero-order chi connectivity index (χ0) is 20.4. The van der Waals surface area contributed by atoms with Crippen LogP contribution in [0.5, 0.6) is 6.01 Å². The van der Waals surface area contributed by atoms with Crippen molar-refractivity contribution in [3.05, 3.63) is 70.3 Å². The van der Waals surface area contributed by atoms with Crippen molar-refractivity contribution in [2.75, 3.05) is 19.7 Å². The second-order valence-electron chi connectivity index (χ2n) is 6.88. The maximum Gasteiger partial charge on any atom is 0.414 e. The van der Waals surface area contributed by atoms with Gasteiger partial charge in [0.15, 0.2) is 0 Å². The van der Waals surface area contributed by atoms with Gasteiger partial charge in [-0.25, -0.2) is 4.39 Å². The molecule has 1 aliphatic heterocycles. The van der Waals surface area contributed by atoms with Gasteiger partial charge in [0.1, 0.15) is 18.6 Å². The first-order chi connectivity index (χ1) is 14.0. The summed E-state index contributed by atoms with van der Waals surface area (Å²) in [7, 11) is 0. The number of benzene rings is 1. The van der Waals surface area contributed by atoms with E-state index in [1.54, 1.807) is 16.8 Å². The maximum absolute atomic E-state index is 13.4. The predicted molar refractivity (Wildman–Crippen MR) is 104 cm³/mol. The van der Waals surface area contributed by atoms with Crippen LogP contribution in [-0.2, 0) is 6.54 Å². The number of halogens is 1. The lowest BCUT2D eigenvalue weighted by Crippen LogP contribution is -2.36. The Labute approximate surface area is 166 Å². The van der Waals surface area contributed by atoms with E-state index in [1.807, 2.05) is 18.2 Å². The number of hydrogen-bond donors (Lipinski definition) is 0. The SMILES string of the molecule is CC(c1ccc(-c2cccc(F)c2)nc1)N1CCOc2nc([N+](=O)[O-])cn2CC1. The van der Waals surface area contributed by atoms with Gasteiger partial charge in [-0.15, -0.1) is 0 Å². The molecular weight excluding hydrogens is 377 g/mol. The average molecular weight is 397 g/mol. The Morgan fingerprint density at radius 1 is 1.24 bits per heavy atom. The molecule has 1 atom stereocenters. The summed E-state index contributed by atoms with van der Waals surface area (Å²) >= 11 is 0. The van der Waals surface area contributed by atoms with Crippen molar-refractivity contribution in [3.8, 4) is 17.3 Å². The zero-order valence-corrected chi connectivity index (χ0v) is 15.9. The van der Waals surface area contributed by atoms with Crippen molar-refractivity contribution in [3.63, 3.8) is 0 Å². The van der Waals surface area contributed by atoms with Crippen LogP contribution in [-0.4, -0.2) is 44.1 Å². The van der Waals surface area contributed by atoms with Crippen LogP contribution in [0.2, 0.25) is 0 Å². The molecule has 3 heterocycles. The minimum Gasteiger partial charge on any atom is -0.444 e. The van der Waals surface area contributed by atoms with Crippen molar-refractivity contribution in [1.82, 2.24) is 19.4 Å². The molecule has 0 aliphatic carbocycles. The van der Waals surface area contributed by atoms with Crippen molar-refractivity contribution in [2.24, 2.45) is 0 Å². The third-order valence-electron chi connectivity index (χ3n) is 5.09. The number of nitro groups is 1. The highest BCUT2D eigenvalue weighted by Crippen LogP contribution is 2.25. The van der Waals surface area contributed by atoms with Gasteiger partial charge in [-0.3, -0.25) is 14.5 Å². The molecule has 150 valence electrons. The quantitative estimate of drug-likeness (QED) is 0.495. The van der Waals surface area contributed by atoms with Gasteiger partial charge in [0.05, 0.1) is 5.69 Å². The second kappa shape index (κ2) is 7.96. The highest BCUT2D eigenvalue weighted by atomic mass is 19.1. The molecule has 9 heteroatoms. The molecule has 2 aromatic heterocycles. The lowest BCUT2D eigenvalue weighted by Gasteiger charge is -2.30. The van der Waals surface area contributed by atoms with Crippen LogP contribution in [0.1, 0.15) is 18.5 Å². The second-order valence-corrected chi connectivity index (χ2v) is 6.88. The van der Waals surface area contributed by atoms with E-state index in [1.165, 1.54) is 18.3 Å². The van der Waals surface area contributed by atoms with E-state index >= 15 is 0 Å². The lowest BCUT2D eigenvalue weighted by atomic mass is 10.1. The minimum absolute atomic E-state index is 0.0766. The Kier molecular flexibility index (Phi) is 5.22. The fourth-order valence-electron chi connectivity index (χ4n) is 3.42. The highest BCUT2D eigenvalue weighted by molar-refractivity contribution is 5.59. The molecule has 8 nitrogen and oxygen atoms in total. The van der Waals surface area contributed by atoms with E-state index in [4.69, 9.17) is 4.74 Å². The summed E-state index contributed by atoms with van der Waals surface area (Å²) in [6.45, 7) is 4.35. The highest BCUT2D eigenvalue weighted by Gasteiger charge is 2.25. The predicted octanol–water partition coefficient (Wildman–Crippen LogP) is 3.45. The van der Waals surface area contributed by atoms with Gasteiger partial charge >= 0.3 is 11.8 Å². The number of fused-ring (bicyclic) bond motifs is 1. The van der Waals surface area contributed by atoms with Crippen LogP contribution in [0.3, 0.4) is 0 Å². The van der Waals surface area contributed by atoms with Crippen LogP contribution in [0, 0.1) is 15.9 Å².